The first-order chi connectivity index (χ1) is 12.0. The van der Waals surface area contributed by atoms with E-state index < -0.39 is 0 Å². The highest BCUT2D eigenvalue weighted by molar-refractivity contribution is 6.30. The number of carbonyl (C=O) groups excluding carboxylic acids is 1. The number of nitrogens with zero attached hydrogens (tertiary/aromatic N) is 1. The molecule has 0 aliphatic rings. The number of para-hydroxylation sites is 1. The average molecular weight is 358 g/mol. The van der Waals surface area contributed by atoms with E-state index in [0.29, 0.717) is 34.9 Å². The van der Waals surface area contributed by atoms with E-state index in [2.05, 4.69) is 0 Å². The molecule has 1 aromatic heterocycles. The van der Waals surface area contributed by atoms with Gasteiger partial charge < -0.3 is 14.1 Å². The molecule has 0 radical (unpaired) electrons. The minimum Gasteiger partial charge on any atom is -0.492 e. The van der Waals surface area contributed by atoms with Gasteiger partial charge in [0.1, 0.15) is 17.9 Å². The fraction of sp³-hybridized carbons (Fsp3) is 0.158. The monoisotopic (exact) mass is 357 g/mol. The quantitative estimate of drug-likeness (QED) is 0.700. The molecule has 0 bridgehead atoms. The SMILES string of the molecule is CN(CCOc1cccc(Cl)c1)C(=O)c1cc(=O)c2ccccc2o1. The van der Waals surface area contributed by atoms with Crippen molar-refractivity contribution in [2.24, 2.45) is 0 Å². The lowest BCUT2D eigenvalue weighted by Crippen LogP contribution is -2.31. The minimum atomic E-state index is -0.377. The number of fused-ring (bicyclic) bond motifs is 1. The second-order valence-electron chi connectivity index (χ2n) is 5.50. The molecule has 0 saturated heterocycles. The number of ether oxygens (including phenoxy) is 1. The van der Waals surface area contributed by atoms with Crippen LogP contribution < -0.4 is 10.2 Å². The summed E-state index contributed by atoms with van der Waals surface area (Å²) >= 11 is 5.89. The second kappa shape index (κ2) is 7.40. The number of amides is 1. The molecule has 0 aliphatic heterocycles. The summed E-state index contributed by atoms with van der Waals surface area (Å²) in [6.45, 7) is 0.627. The van der Waals surface area contributed by atoms with Crippen molar-refractivity contribution in [1.29, 1.82) is 0 Å². The van der Waals surface area contributed by atoms with E-state index in [1.165, 1.54) is 11.0 Å². The highest BCUT2D eigenvalue weighted by Gasteiger charge is 2.16. The van der Waals surface area contributed by atoms with E-state index >= 15 is 0 Å². The Balaban J connectivity index is 1.67. The molecule has 128 valence electrons. The Morgan fingerprint density at radius 3 is 2.76 bits per heavy atom. The van der Waals surface area contributed by atoms with Crippen LogP contribution in [0.25, 0.3) is 11.0 Å². The lowest BCUT2D eigenvalue weighted by atomic mass is 10.2. The predicted molar refractivity (Wildman–Crippen MR) is 96.4 cm³/mol. The van der Waals surface area contributed by atoms with Crippen LogP contribution in [0.15, 0.2) is 63.8 Å². The molecule has 3 aromatic rings. The van der Waals surface area contributed by atoms with Crippen LogP contribution >= 0.6 is 11.6 Å². The maximum absolute atomic E-state index is 12.5. The first-order valence-corrected chi connectivity index (χ1v) is 8.09. The van der Waals surface area contributed by atoms with Crippen molar-refractivity contribution in [2.75, 3.05) is 20.2 Å². The fourth-order valence-corrected chi connectivity index (χ4v) is 2.54. The Bertz CT molecular complexity index is 967. The largest absolute Gasteiger partial charge is 0.492 e. The van der Waals surface area contributed by atoms with Crippen LogP contribution in [0.1, 0.15) is 10.6 Å². The summed E-state index contributed by atoms with van der Waals surface area (Å²) in [7, 11) is 1.62. The lowest BCUT2D eigenvalue weighted by molar-refractivity contribution is 0.0743. The predicted octanol–water partition coefficient (Wildman–Crippen LogP) is 3.60. The van der Waals surface area contributed by atoms with Crippen molar-refractivity contribution < 1.29 is 13.9 Å². The van der Waals surface area contributed by atoms with E-state index in [1.807, 2.05) is 0 Å². The maximum atomic E-state index is 12.5. The first kappa shape index (κ1) is 17.0. The Hall–Kier alpha value is -2.79. The zero-order valence-corrected chi connectivity index (χ0v) is 14.3. The molecule has 6 heteroatoms. The third-order valence-electron chi connectivity index (χ3n) is 3.68. The van der Waals surface area contributed by atoms with Crippen LogP contribution in [-0.2, 0) is 0 Å². The average Bonchev–Trinajstić information content (AvgIpc) is 2.61. The van der Waals surface area contributed by atoms with Crippen molar-refractivity contribution >= 4 is 28.5 Å². The Labute approximate surface area is 149 Å². The van der Waals surface area contributed by atoms with Crippen LogP contribution in [0, 0.1) is 0 Å². The molecule has 0 atom stereocenters. The molecule has 5 nitrogen and oxygen atoms in total. The summed E-state index contributed by atoms with van der Waals surface area (Å²) in [6.07, 6.45) is 0. The van der Waals surface area contributed by atoms with Gasteiger partial charge in [0.15, 0.2) is 11.2 Å². The van der Waals surface area contributed by atoms with Gasteiger partial charge in [-0.25, -0.2) is 0 Å². The summed E-state index contributed by atoms with van der Waals surface area (Å²) in [6, 6.07) is 15.1. The molecule has 0 spiro atoms. The van der Waals surface area contributed by atoms with Crippen LogP contribution in [0.4, 0.5) is 0 Å². The standard InChI is InChI=1S/C19H16ClNO4/c1-21(9-10-24-14-6-4-5-13(20)11-14)19(23)18-12-16(22)15-7-2-3-8-17(15)25-18/h2-8,11-12H,9-10H2,1H3. The van der Waals surface area contributed by atoms with Gasteiger partial charge in [0.2, 0.25) is 0 Å². The molecule has 1 amide bonds. The number of rotatable bonds is 5. The van der Waals surface area contributed by atoms with Crippen LogP contribution in [0.2, 0.25) is 5.02 Å². The third kappa shape index (κ3) is 4.00. The molecule has 0 saturated carbocycles. The smallest absolute Gasteiger partial charge is 0.289 e. The molecule has 25 heavy (non-hydrogen) atoms. The van der Waals surface area contributed by atoms with Gasteiger partial charge in [-0.15, -0.1) is 0 Å². The normalized spacial score (nSPS) is 10.6. The minimum absolute atomic E-state index is 0.00829. The molecule has 2 aromatic carbocycles. The van der Waals surface area contributed by atoms with E-state index in [1.54, 1.807) is 55.6 Å². The molecular formula is C19H16ClNO4. The number of benzene rings is 2. The van der Waals surface area contributed by atoms with Crippen LogP contribution in [0.3, 0.4) is 0 Å². The van der Waals surface area contributed by atoms with Gasteiger partial charge in [-0.3, -0.25) is 9.59 Å². The molecule has 3 rings (SSSR count). The summed E-state index contributed by atoms with van der Waals surface area (Å²) in [4.78, 5) is 26.0. The first-order valence-electron chi connectivity index (χ1n) is 7.71. The van der Waals surface area contributed by atoms with E-state index in [9.17, 15) is 9.59 Å². The Kier molecular flexibility index (Phi) is 5.05. The summed E-state index contributed by atoms with van der Waals surface area (Å²) < 4.78 is 11.1. The summed E-state index contributed by atoms with van der Waals surface area (Å²) in [5.74, 6) is 0.261. The molecule has 0 N–H and O–H groups in total. The summed E-state index contributed by atoms with van der Waals surface area (Å²) in [5, 5.41) is 1.03. The van der Waals surface area contributed by atoms with Gasteiger partial charge in [-0.1, -0.05) is 29.8 Å². The topological polar surface area (TPSA) is 59.8 Å². The number of carbonyl (C=O) groups is 1. The van der Waals surface area contributed by atoms with Crippen LogP contribution in [0.5, 0.6) is 5.75 Å². The highest BCUT2D eigenvalue weighted by atomic mass is 35.5. The van der Waals surface area contributed by atoms with Gasteiger partial charge in [-0.2, -0.15) is 0 Å². The zero-order valence-electron chi connectivity index (χ0n) is 13.6. The second-order valence-corrected chi connectivity index (χ2v) is 5.94. The number of halogens is 1. The molecule has 1 heterocycles. The van der Waals surface area contributed by atoms with Crippen molar-refractivity contribution in [2.45, 2.75) is 0 Å². The van der Waals surface area contributed by atoms with Gasteiger partial charge >= 0.3 is 0 Å². The highest BCUT2D eigenvalue weighted by Crippen LogP contribution is 2.17. The number of hydrogen-bond acceptors (Lipinski definition) is 4. The zero-order chi connectivity index (χ0) is 17.8. The fourth-order valence-electron chi connectivity index (χ4n) is 2.36. The van der Waals surface area contributed by atoms with Gasteiger partial charge in [0, 0.05) is 18.1 Å². The van der Waals surface area contributed by atoms with Gasteiger partial charge in [0.05, 0.1) is 11.9 Å². The molecular weight excluding hydrogens is 342 g/mol. The van der Waals surface area contributed by atoms with Crippen molar-refractivity contribution in [1.82, 2.24) is 4.90 Å². The lowest BCUT2D eigenvalue weighted by Gasteiger charge is -2.17. The van der Waals surface area contributed by atoms with Crippen LogP contribution in [-0.4, -0.2) is 31.0 Å². The van der Waals surface area contributed by atoms with E-state index in [4.69, 9.17) is 20.8 Å². The van der Waals surface area contributed by atoms with Crippen molar-refractivity contribution in [3.63, 3.8) is 0 Å². The Morgan fingerprint density at radius 1 is 1.16 bits per heavy atom. The van der Waals surface area contributed by atoms with E-state index in [-0.39, 0.29) is 17.1 Å². The third-order valence-corrected chi connectivity index (χ3v) is 3.92. The number of hydrogen-bond donors (Lipinski definition) is 0. The van der Waals surface area contributed by atoms with Gasteiger partial charge in [0.25, 0.3) is 5.91 Å². The molecule has 0 fully saturated rings. The molecule has 0 unspecified atom stereocenters. The van der Waals surface area contributed by atoms with Crippen molar-refractivity contribution in [3.05, 3.63) is 75.6 Å². The number of likely N-dealkylation sites (N-methyl/N-ethyl adjacent to an activating group) is 1. The van der Waals surface area contributed by atoms with E-state index in [0.717, 1.165) is 0 Å². The maximum Gasteiger partial charge on any atom is 0.289 e. The molecule has 0 aliphatic carbocycles. The van der Waals surface area contributed by atoms with Crippen molar-refractivity contribution in [3.8, 4) is 5.75 Å². The summed E-state index contributed by atoms with van der Waals surface area (Å²) in [5.41, 5.74) is 0.149. The Morgan fingerprint density at radius 2 is 1.96 bits per heavy atom. The van der Waals surface area contributed by atoms with Gasteiger partial charge in [-0.05, 0) is 30.3 Å².